The van der Waals surface area contributed by atoms with E-state index >= 15 is 0 Å². The molecule has 0 saturated carbocycles. The number of carbonyl (C=O) groups is 1. The highest BCUT2D eigenvalue weighted by Crippen LogP contribution is 2.20. The Bertz CT molecular complexity index is 669. The Labute approximate surface area is 131 Å². The molecule has 0 atom stereocenters. The number of aryl methyl sites for hydroxylation is 1. The molecule has 22 heavy (non-hydrogen) atoms. The number of amides is 1. The van der Waals surface area contributed by atoms with E-state index < -0.39 is 0 Å². The van der Waals surface area contributed by atoms with Gasteiger partial charge in [-0.3, -0.25) is 4.79 Å². The van der Waals surface area contributed by atoms with Crippen molar-refractivity contribution >= 4 is 16.8 Å². The number of carbonyl (C=O) groups excluding carboxylic acids is 1. The van der Waals surface area contributed by atoms with Crippen LogP contribution in [0.2, 0.25) is 0 Å². The van der Waals surface area contributed by atoms with Crippen LogP contribution >= 0.6 is 0 Å². The molecule has 2 aromatic rings. The van der Waals surface area contributed by atoms with Crippen molar-refractivity contribution in [2.24, 2.45) is 0 Å². The Morgan fingerprint density at radius 1 is 1.18 bits per heavy atom. The van der Waals surface area contributed by atoms with Crippen LogP contribution in [0.1, 0.15) is 44.1 Å². The molecule has 1 heterocycles. The zero-order valence-electron chi connectivity index (χ0n) is 13.0. The molecule has 3 heteroatoms. The highest BCUT2D eigenvalue weighted by Gasteiger charge is 2.07. The molecule has 0 radical (unpaired) electrons. The first kappa shape index (κ1) is 14.9. The summed E-state index contributed by atoms with van der Waals surface area (Å²) in [6, 6.07) is 8.23. The van der Waals surface area contributed by atoms with E-state index in [0.29, 0.717) is 6.42 Å². The van der Waals surface area contributed by atoms with E-state index in [-0.39, 0.29) is 5.91 Å². The molecule has 1 aliphatic rings. The lowest BCUT2D eigenvalue weighted by Crippen LogP contribution is -2.25. The zero-order valence-corrected chi connectivity index (χ0v) is 13.0. The fraction of sp³-hybridized carbons (Fsp3) is 0.421. The maximum Gasteiger partial charge on any atom is 0.220 e. The minimum atomic E-state index is 0.154. The first-order chi connectivity index (χ1) is 10.8. The van der Waals surface area contributed by atoms with Crippen molar-refractivity contribution < 1.29 is 4.79 Å². The Morgan fingerprint density at radius 3 is 2.95 bits per heavy atom. The fourth-order valence-electron chi connectivity index (χ4n) is 3.17. The molecule has 3 rings (SSSR count). The number of allylic oxidation sites excluding steroid dienone is 1. The van der Waals surface area contributed by atoms with Crippen LogP contribution in [0, 0.1) is 0 Å². The fourth-order valence-corrected chi connectivity index (χ4v) is 3.17. The van der Waals surface area contributed by atoms with Crippen LogP contribution in [-0.4, -0.2) is 17.4 Å². The number of aromatic amines is 1. The van der Waals surface area contributed by atoms with Gasteiger partial charge in [-0.1, -0.05) is 29.8 Å². The molecule has 0 fully saturated rings. The predicted octanol–water partition coefficient (Wildman–Crippen LogP) is 4.11. The van der Waals surface area contributed by atoms with Crippen molar-refractivity contribution in [1.82, 2.24) is 10.3 Å². The third kappa shape index (κ3) is 3.79. The summed E-state index contributed by atoms with van der Waals surface area (Å²) in [4.78, 5) is 15.2. The minimum absolute atomic E-state index is 0.154. The molecular formula is C19H24N2O. The first-order valence-corrected chi connectivity index (χ1v) is 8.32. The van der Waals surface area contributed by atoms with Gasteiger partial charge in [-0.15, -0.1) is 0 Å². The number of aromatic nitrogens is 1. The van der Waals surface area contributed by atoms with Gasteiger partial charge in [0.15, 0.2) is 0 Å². The molecule has 3 nitrogen and oxygen atoms in total. The van der Waals surface area contributed by atoms with Crippen molar-refractivity contribution in [3.63, 3.8) is 0 Å². The number of para-hydroxylation sites is 1. The standard InChI is InChI=1S/C19H24N2O/c22-19(20-13-12-15-6-2-1-3-7-15)11-10-16-14-21-18-9-5-4-8-17(16)18/h4-6,8-9,14,21H,1-3,7,10-13H2,(H,20,22). The topological polar surface area (TPSA) is 44.9 Å². The van der Waals surface area contributed by atoms with Crippen molar-refractivity contribution in [3.05, 3.63) is 47.7 Å². The highest BCUT2D eigenvalue weighted by atomic mass is 16.1. The molecule has 1 aromatic heterocycles. The third-order valence-electron chi connectivity index (χ3n) is 4.45. The summed E-state index contributed by atoms with van der Waals surface area (Å²) in [6.07, 6.45) is 11.8. The van der Waals surface area contributed by atoms with Gasteiger partial charge in [0.1, 0.15) is 0 Å². The average molecular weight is 296 g/mol. The third-order valence-corrected chi connectivity index (χ3v) is 4.45. The van der Waals surface area contributed by atoms with Crippen LogP contribution in [0.5, 0.6) is 0 Å². The normalized spacial score (nSPS) is 14.8. The van der Waals surface area contributed by atoms with Crippen LogP contribution in [0.15, 0.2) is 42.1 Å². The SMILES string of the molecule is O=C(CCc1c[nH]c2ccccc12)NCCC1=CCCCC1. The zero-order chi connectivity index (χ0) is 15.2. The summed E-state index contributed by atoms with van der Waals surface area (Å²) < 4.78 is 0. The average Bonchev–Trinajstić information content (AvgIpc) is 2.97. The van der Waals surface area contributed by atoms with Gasteiger partial charge in [0.05, 0.1) is 0 Å². The maximum atomic E-state index is 12.0. The number of H-pyrrole nitrogens is 1. The van der Waals surface area contributed by atoms with Crippen molar-refractivity contribution in [1.29, 1.82) is 0 Å². The van der Waals surface area contributed by atoms with E-state index in [1.165, 1.54) is 42.2 Å². The Balaban J connectivity index is 1.43. The summed E-state index contributed by atoms with van der Waals surface area (Å²) in [5.41, 5.74) is 3.88. The summed E-state index contributed by atoms with van der Waals surface area (Å²) >= 11 is 0. The number of hydrogen-bond acceptors (Lipinski definition) is 1. The van der Waals surface area contributed by atoms with E-state index in [1.54, 1.807) is 0 Å². The molecule has 0 spiro atoms. The molecule has 2 N–H and O–H groups in total. The quantitative estimate of drug-likeness (QED) is 0.774. The van der Waals surface area contributed by atoms with Crippen LogP contribution in [0.4, 0.5) is 0 Å². The number of benzene rings is 1. The second-order valence-corrected chi connectivity index (χ2v) is 6.07. The van der Waals surface area contributed by atoms with E-state index in [0.717, 1.165) is 24.9 Å². The van der Waals surface area contributed by atoms with E-state index in [1.807, 2.05) is 18.3 Å². The Kier molecular flexibility index (Phi) is 4.94. The van der Waals surface area contributed by atoms with Crippen LogP contribution in [0.3, 0.4) is 0 Å². The van der Waals surface area contributed by atoms with Gasteiger partial charge in [-0.05, 0) is 50.2 Å². The van der Waals surface area contributed by atoms with Crippen LogP contribution in [-0.2, 0) is 11.2 Å². The summed E-state index contributed by atoms with van der Waals surface area (Å²) in [6.45, 7) is 0.776. The molecule has 0 unspecified atom stereocenters. The lowest BCUT2D eigenvalue weighted by molar-refractivity contribution is -0.121. The monoisotopic (exact) mass is 296 g/mol. The van der Waals surface area contributed by atoms with Gasteiger partial charge in [-0.2, -0.15) is 0 Å². The molecular weight excluding hydrogens is 272 g/mol. The highest BCUT2D eigenvalue weighted by molar-refractivity contribution is 5.84. The summed E-state index contributed by atoms with van der Waals surface area (Å²) in [7, 11) is 0. The lowest BCUT2D eigenvalue weighted by Gasteiger charge is -2.12. The smallest absolute Gasteiger partial charge is 0.220 e. The first-order valence-electron chi connectivity index (χ1n) is 8.32. The number of fused-ring (bicyclic) bond motifs is 1. The van der Waals surface area contributed by atoms with Crippen molar-refractivity contribution in [2.45, 2.75) is 44.9 Å². The van der Waals surface area contributed by atoms with Gasteiger partial charge in [-0.25, -0.2) is 0 Å². The van der Waals surface area contributed by atoms with Gasteiger partial charge < -0.3 is 10.3 Å². The molecule has 1 aromatic carbocycles. The van der Waals surface area contributed by atoms with Gasteiger partial charge in [0, 0.05) is 30.1 Å². The lowest BCUT2D eigenvalue weighted by atomic mass is 9.97. The molecule has 0 saturated heterocycles. The molecule has 1 aliphatic carbocycles. The van der Waals surface area contributed by atoms with Gasteiger partial charge in [0.2, 0.25) is 5.91 Å². The molecule has 116 valence electrons. The number of hydrogen-bond donors (Lipinski definition) is 2. The van der Waals surface area contributed by atoms with Crippen molar-refractivity contribution in [3.8, 4) is 0 Å². The second-order valence-electron chi connectivity index (χ2n) is 6.07. The number of rotatable bonds is 6. The minimum Gasteiger partial charge on any atom is -0.361 e. The van der Waals surface area contributed by atoms with E-state index in [9.17, 15) is 4.79 Å². The summed E-state index contributed by atoms with van der Waals surface area (Å²) in [5.74, 6) is 0.154. The molecule has 1 amide bonds. The number of nitrogens with one attached hydrogen (secondary N) is 2. The summed E-state index contributed by atoms with van der Waals surface area (Å²) in [5, 5.41) is 4.28. The molecule has 0 bridgehead atoms. The van der Waals surface area contributed by atoms with Gasteiger partial charge in [0.25, 0.3) is 0 Å². The largest absolute Gasteiger partial charge is 0.361 e. The Hall–Kier alpha value is -2.03. The van der Waals surface area contributed by atoms with E-state index in [4.69, 9.17) is 0 Å². The van der Waals surface area contributed by atoms with Gasteiger partial charge >= 0.3 is 0 Å². The van der Waals surface area contributed by atoms with Crippen molar-refractivity contribution in [2.75, 3.05) is 6.54 Å². The maximum absolute atomic E-state index is 12.0. The second kappa shape index (κ2) is 7.30. The van der Waals surface area contributed by atoms with E-state index in [2.05, 4.69) is 28.5 Å². The predicted molar refractivity (Wildman–Crippen MR) is 90.8 cm³/mol. The molecule has 0 aliphatic heterocycles. The van der Waals surface area contributed by atoms with Crippen LogP contribution in [0.25, 0.3) is 10.9 Å². The Morgan fingerprint density at radius 2 is 2.09 bits per heavy atom. The van der Waals surface area contributed by atoms with Crippen LogP contribution < -0.4 is 5.32 Å².